The first-order valence-electron chi connectivity index (χ1n) is 8.70. The van der Waals surface area contributed by atoms with Crippen molar-refractivity contribution in [1.82, 2.24) is 20.6 Å². The summed E-state index contributed by atoms with van der Waals surface area (Å²) in [6.07, 6.45) is 0. The van der Waals surface area contributed by atoms with Gasteiger partial charge in [0.2, 0.25) is 5.91 Å². The third-order valence-corrected chi connectivity index (χ3v) is 5.68. The van der Waals surface area contributed by atoms with Crippen LogP contribution < -0.4 is 16.2 Å². The van der Waals surface area contributed by atoms with E-state index in [0.29, 0.717) is 15.4 Å². The number of aromatic amines is 1. The molecule has 0 bridgehead atoms. The van der Waals surface area contributed by atoms with Crippen molar-refractivity contribution in [2.75, 3.05) is 0 Å². The van der Waals surface area contributed by atoms with Gasteiger partial charge >= 0.3 is 6.03 Å². The lowest BCUT2D eigenvalue weighted by Gasteiger charge is -2.12. The van der Waals surface area contributed by atoms with Crippen LogP contribution in [0, 0.1) is 0 Å². The van der Waals surface area contributed by atoms with Gasteiger partial charge in [-0.15, -0.1) is 11.3 Å². The van der Waals surface area contributed by atoms with E-state index in [0.717, 1.165) is 22.9 Å². The van der Waals surface area contributed by atoms with E-state index < -0.39 is 17.2 Å². The van der Waals surface area contributed by atoms with Crippen LogP contribution >= 0.6 is 23.1 Å². The van der Waals surface area contributed by atoms with Crippen molar-refractivity contribution < 1.29 is 9.59 Å². The predicted octanol–water partition coefficient (Wildman–Crippen LogP) is 3.37. The molecule has 7 nitrogen and oxygen atoms in total. The van der Waals surface area contributed by atoms with Crippen molar-refractivity contribution in [3.05, 3.63) is 46.1 Å². The number of hydrogen-bond donors (Lipinski definition) is 3. The summed E-state index contributed by atoms with van der Waals surface area (Å²) in [4.78, 5) is 44.3. The number of carbonyl (C=O) groups excluding carboxylic acids is 2. The Labute approximate surface area is 170 Å². The summed E-state index contributed by atoms with van der Waals surface area (Å²) >= 11 is 2.48. The number of hydrogen-bond acceptors (Lipinski definition) is 6. The highest BCUT2D eigenvalue weighted by atomic mass is 32.2. The largest absolute Gasteiger partial charge is 0.336 e. The first-order valence-corrected chi connectivity index (χ1v) is 10.5. The highest BCUT2D eigenvalue weighted by molar-refractivity contribution is 8.00. The number of amides is 3. The van der Waals surface area contributed by atoms with Gasteiger partial charge in [-0.1, -0.05) is 42.1 Å². The highest BCUT2D eigenvalue weighted by Crippen LogP contribution is 2.31. The van der Waals surface area contributed by atoms with Crippen LogP contribution in [0.2, 0.25) is 0 Å². The molecular formula is C19H20N4O3S2. The molecule has 1 aromatic carbocycles. The molecule has 3 aromatic rings. The summed E-state index contributed by atoms with van der Waals surface area (Å²) in [5, 5.41) is 7.05. The van der Waals surface area contributed by atoms with Crippen LogP contribution in [0.5, 0.6) is 0 Å². The van der Waals surface area contributed by atoms with Gasteiger partial charge in [0.15, 0.2) is 5.16 Å². The van der Waals surface area contributed by atoms with Crippen LogP contribution in [0.15, 0.2) is 45.7 Å². The molecular weight excluding hydrogens is 396 g/mol. The van der Waals surface area contributed by atoms with Gasteiger partial charge in [-0.2, -0.15) is 0 Å². The molecule has 0 aliphatic heterocycles. The Kier molecular flexibility index (Phi) is 6.15. The number of benzene rings is 1. The number of carbonyl (C=O) groups is 2. The number of urea groups is 1. The molecule has 9 heteroatoms. The molecule has 28 heavy (non-hydrogen) atoms. The maximum Gasteiger partial charge on any atom is 0.321 e. The smallest absolute Gasteiger partial charge is 0.321 e. The zero-order valence-electron chi connectivity index (χ0n) is 15.6. The lowest BCUT2D eigenvalue weighted by atomic mass is 10.1. The van der Waals surface area contributed by atoms with Crippen molar-refractivity contribution >= 4 is 45.3 Å². The minimum Gasteiger partial charge on any atom is -0.336 e. The Hall–Kier alpha value is -2.65. The van der Waals surface area contributed by atoms with Crippen LogP contribution in [0.25, 0.3) is 21.3 Å². The van der Waals surface area contributed by atoms with E-state index in [9.17, 15) is 14.4 Å². The minimum absolute atomic E-state index is 0.0752. The average Bonchev–Trinajstić information content (AvgIpc) is 3.06. The fraction of sp³-hybridized carbons (Fsp3) is 0.263. The number of imide groups is 1. The van der Waals surface area contributed by atoms with E-state index in [1.54, 1.807) is 20.8 Å². The second-order valence-corrected chi connectivity index (χ2v) is 8.63. The first kappa shape index (κ1) is 20.1. The summed E-state index contributed by atoms with van der Waals surface area (Å²) in [6, 6.07) is 9.02. The zero-order valence-corrected chi connectivity index (χ0v) is 17.2. The highest BCUT2D eigenvalue weighted by Gasteiger charge is 2.20. The van der Waals surface area contributed by atoms with Crippen LogP contribution in [0.4, 0.5) is 4.79 Å². The van der Waals surface area contributed by atoms with Gasteiger partial charge in [-0.25, -0.2) is 9.78 Å². The summed E-state index contributed by atoms with van der Waals surface area (Å²) in [5.74, 6) is -0.456. The molecule has 0 spiro atoms. The molecule has 1 atom stereocenters. The van der Waals surface area contributed by atoms with E-state index in [1.165, 1.54) is 11.3 Å². The van der Waals surface area contributed by atoms with Crippen molar-refractivity contribution in [2.24, 2.45) is 0 Å². The molecule has 3 rings (SSSR count). The Morgan fingerprint density at radius 1 is 1.18 bits per heavy atom. The lowest BCUT2D eigenvalue weighted by molar-refractivity contribution is -0.119. The number of fused-ring (bicyclic) bond motifs is 1. The Morgan fingerprint density at radius 3 is 2.57 bits per heavy atom. The van der Waals surface area contributed by atoms with Crippen molar-refractivity contribution in [3.8, 4) is 11.1 Å². The number of nitrogens with one attached hydrogen (secondary N) is 3. The van der Waals surface area contributed by atoms with E-state index in [1.807, 2.05) is 35.7 Å². The quantitative estimate of drug-likeness (QED) is 0.437. The van der Waals surface area contributed by atoms with E-state index in [2.05, 4.69) is 20.6 Å². The average molecular weight is 417 g/mol. The van der Waals surface area contributed by atoms with Crippen molar-refractivity contribution in [2.45, 2.75) is 37.2 Å². The summed E-state index contributed by atoms with van der Waals surface area (Å²) in [6.45, 7) is 5.25. The second kappa shape index (κ2) is 8.57. The second-order valence-electron chi connectivity index (χ2n) is 6.44. The van der Waals surface area contributed by atoms with Gasteiger partial charge in [-0.05, 0) is 26.3 Å². The van der Waals surface area contributed by atoms with Crippen molar-refractivity contribution in [3.63, 3.8) is 0 Å². The molecule has 146 valence electrons. The fourth-order valence-electron chi connectivity index (χ4n) is 2.55. The molecule has 2 heterocycles. The molecule has 3 N–H and O–H groups in total. The van der Waals surface area contributed by atoms with Crippen LogP contribution in [-0.2, 0) is 4.79 Å². The fourth-order valence-corrected chi connectivity index (χ4v) is 4.35. The monoisotopic (exact) mass is 416 g/mol. The third-order valence-electron chi connectivity index (χ3n) is 3.82. The maximum absolute atomic E-state index is 12.6. The van der Waals surface area contributed by atoms with E-state index in [-0.39, 0.29) is 11.6 Å². The zero-order chi connectivity index (χ0) is 20.3. The number of nitrogens with zero attached hydrogens (tertiary/aromatic N) is 1. The molecule has 2 aromatic heterocycles. The molecule has 3 amide bonds. The van der Waals surface area contributed by atoms with E-state index >= 15 is 0 Å². The number of thioether (sulfide) groups is 1. The molecule has 0 fully saturated rings. The summed E-state index contributed by atoms with van der Waals surface area (Å²) < 4.78 is 0. The summed E-state index contributed by atoms with van der Waals surface area (Å²) in [7, 11) is 0. The number of rotatable bonds is 5. The van der Waals surface area contributed by atoms with Gasteiger partial charge in [0.05, 0.1) is 10.6 Å². The maximum atomic E-state index is 12.6. The third kappa shape index (κ3) is 4.60. The normalized spacial score (nSPS) is 12.1. The SMILES string of the molecule is CC(C)NC(=O)NC(=O)[C@H](C)Sc1nc2scc(-c3ccccc3)c2c(=O)[nH]1. The minimum atomic E-state index is -0.605. The van der Waals surface area contributed by atoms with Crippen LogP contribution in [-0.4, -0.2) is 33.2 Å². The predicted molar refractivity (Wildman–Crippen MR) is 113 cm³/mol. The summed E-state index contributed by atoms with van der Waals surface area (Å²) in [5.41, 5.74) is 1.53. The lowest BCUT2D eigenvalue weighted by Crippen LogP contribution is -2.45. The van der Waals surface area contributed by atoms with Crippen LogP contribution in [0.1, 0.15) is 20.8 Å². The number of aromatic nitrogens is 2. The molecule has 0 unspecified atom stereocenters. The van der Waals surface area contributed by atoms with Gasteiger partial charge in [0.1, 0.15) is 4.83 Å². The van der Waals surface area contributed by atoms with Crippen LogP contribution in [0.3, 0.4) is 0 Å². The van der Waals surface area contributed by atoms with Gasteiger partial charge in [0.25, 0.3) is 5.56 Å². The standard InChI is InChI=1S/C19H20N4O3S2/c1-10(2)20-18(26)21-15(24)11(3)28-19-22-16(25)14-13(9-27-17(14)23-19)12-7-5-4-6-8-12/h4-11H,1-3H3,(H,22,23,25)(H2,20,21,24,26)/t11-/m0/s1. The first-order chi connectivity index (χ1) is 13.3. The molecule has 0 saturated carbocycles. The van der Waals surface area contributed by atoms with E-state index in [4.69, 9.17) is 0 Å². The molecule has 0 aliphatic rings. The van der Waals surface area contributed by atoms with Gasteiger partial charge < -0.3 is 10.3 Å². The molecule has 0 aliphatic carbocycles. The Balaban J connectivity index is 1.79. The Morgan fingerprint density at radius 2 is 1.89 bits per heavy atom. The van der Waals surface area contributed by atoms with Gasteiger partial charge in [-0.3, -0.25) is 14.9 Å². The number of H-pyrrole nitrogens is 1. The topological polar surface area (TPSA) is 104 Å². The molecule has 0 saturated heterocycles. The van der Waals surface area contributed by atoms with Gasteiger partial charge in [0, 0.05) is 17.0 Å². The number of thiophene rings is 1. The van der Waals surface area contributed by atoms with Crippen molar-refractivity contribution in [1.29, 1.82) is 0 Å². The molecule has 0 radical (unpaired) electrons. The Bertz CT molecular complexity index is 1060.